The highest BCUT2D eigenvalue weighted by molar-refractivity contribution is 5.48. The second-order valence-electron chi connectivity index (χ2n) is 4.73. The lowest BCUT2D eigenvalue weighted by Crippen LogP contribution is -2.32. The largest absolute Gasteiger partial charge is 0.493 e. The molecule has 1 aromatic rings. The Hall–Kier alpha value is -1.26. The molecule has 1 unspecified atom stereocenters. The van der Waals surface area contributed by atoms with Gasteiger partial charge in [0.25, 0.3) is 0 Å². The number of rotatable bonds is 6. The van der Waals surface area contributed by atoms with E-state index in [2.05, 4.69) is 19.2 Å². The molecule has 0 aliphatic rings. The summed E-state index contributed by atoms with van der Waals surface area (Å²) in [5.41, 5.74) is 8.40. The molecule has 0 saturated carbocycles. The molecule has 4 nitrogen and oxygen atoms in total. The van der Waals surface area contributed by atoms with Gasteiger partial charge >= 0.3 is 0 Å². The van der Waals surface area contributed by atoms with Crippen molar-refractivity contribution in [2.75, 3.05) is 20.8 Å². The minimum atomic E-state index is -0.0489. The summed E-state index contributed by atoms with van der Waals surface area (Å²) in [7, 11) is 3.27. The van der Waals surface area contributed by atoms with Gasteiger partial charge in [0.2, 0.25) is 0 Å². The first-order chi connectivity index (χ1) is 8.49. The molecule has 102 valence electrons. The van der Waals surface area contributed by atoms with Gasteiger partial charge in [0.15, 0.2) is 11.5 Å². The van der Waals surface area contributed by atoms with Gasteiger partial charge in [0.1, 0.15) is 0 Å². The number of hydrogen-bond acceptors (Lipinski definition) is 4. The van der Waals surface area contributed by atoms with E-state index in [1.807, 2.05) is 19.1 Å². The Balaban J connectivity index is 2.94. The molecule has 0 amide bonds. The fraction of sp³-hybridized carbons (Fsp3) is 0.571. The van der Waals surface area contributed by atoms with Crippen molar-refractivity contribution >= 4 is 0 Å². The van der Waals surface area contributed by atoms with Crippen LogP contribution in [0.5, 0.6) is 11.5 Å². The van der Waals surface area contributed by atoms with Crippen LogP contribution >= 0.6 is 0 Å². The minimum absolute atomic E-state index is 0.0489. The van der Waals surface area contributed by atoms with Crippen LogP contribution in [0.3, 0.4) is 0 Å². The quantitative estimate of drug-likeness (QED) is 0.813. The molecule has 1 atom stereocenters. The van der Waals surface area contributed by atoms with Gasteiger partial charge in [-0.2, -0.15) is 0 Å². The molecule has 0 saturated heterocycles. The predicted molar refractivity (Wildman–Crippen MR) is 74.4 cm³/mol. The van der Waals surface area contributed by atoms with Gasteiger partial charge in [0, 0.05) is 18.6 Å². The number of hydrogen-bond donors (Lipinski definition) is 2. The zero-order chi connectivity index (χ0) is 13.7. The molecule has 3 N–H and O–H groups in total. The molecule has 0 heterocycles. The number of nitrogens with two attached hydrogens (primary N) is 1. The van der Waals surface area contributed by atoms with E-state index in [9.17, 15) is 0 Å². The van der Waals surface area contributed by atoms with Crippen molar-refractivity contribution in [1.29, 1.82) is 0 Å². The first-order valence-corrected chi connectivity index (χ1v) is 6.21. The highest BCUT2D eigenvalue weighted by atomic mass is 16.5. The molecule has 0 radical (unpaired) electrons. The Bertz CT molecular complexity index is 392. The summed E-state index contributed by atoms with van der Waals surface area (Å²) in [5, 5.41) is 3.34. The SMILES string of the molecule is COc1cc(C)c(C(N)CNC(C)C)cc1OC. The highest BCUT2D eigenvalue weighted by Crippen LogP contribution is 2.32. The average molecular weight is 252 g/mol. The molecule has 0 aliphatic carbocycles. The number of methoxy groups -OCH3 is 2. The lowest BCUT2D eigenvalue weighted by atomic mass is 10.0. The summed E-state index contributed by atoms with van der Waals surface area (Å²) in [4.78, 5) is 0. The average Bonchev–Trinajstić information content (AvgIpc) is 2.35. The van der Waals surface area contributed by atoms with Crippen LogP contribution in [-0.4, -0.2) is 26.8 Å². The third kappa shape index (κ3) is 3.62. The number of ether oxygens (including phenoxy) is 2. The zero-order valence-corrected chi connectivity index (χ0v) is 11.9. The monoisotopic (exact) mass is 252 g/mol. The summed E-state index contributed by atoms with van der Waals surface area (Å²) in [6, 6.07) is 4.30. The van der Waals surface area contributed by atoms with Crippen molar-refractivity contribution in [1.82, 2.24) is 5.32 Å². The van der Waals surface area contributed by atoms with Crippen LogP contribution in [0.1, 0.15) is 31.0 Å². The number of benzene rings is 1. The van der Waals surface area contributed by atoms with Crippen LogP contribution in [0.2, 0.25) is 0 Å². The number of nitrogens with one attached hydrogen (secondary N) is 1. The van der Waals surface area contributed by atoms with E-state index in [-0.39, 0.29) is 6.04 Å². The smallest absolute Gasteiger partial charge is 0.161 e. The maximum absolute atomic E-state index is 6.20. The van der Waals surface area contributed by atoms with Crippen LogP contribution in [-0.2, 0) is 0 Å². The minimum Gasteiger partial charge on any atom is -0.493 e. The van der Waals surface area contributed by atoms with Crippen molar-refractivity contribution in [3.05, 3.63) is 23.3 Å². The van der Waals surface area contributed by atoms with E-state index >= 15 is 0 Å². The molecule has 0 aliphatic heterocycles. The van der Waals surface area contributed by atoms with Crippen LogP contribution < -0.4 is 20.5 Å². The Kier molecular flexibility index (Phi) is 5.44. The van der Waals surface area contributed by atoms with E-state index in [4.69, 9.17) is 15.2 Å². The molecule has 0 spiro atoms. The number of aryl methyl sites for hydroxylation is 1. The molecule has 0 aromatic heterocycles. The third-order valence-electron chi connectivity index (χ3n) is 2.92. The fourth-order valence-corrected chi connectivity index (χ4v) is 1.87. The normalized spacial score (nSPS) is 12.6. The van der Waals surface area contributed by atoms with Crippen molar-refractivity contribution in [3.63, 3.8) is 0 Å². The lowest BCUT2D eigenvalue weighted by Gasteiger charge is -2.19. The molecule has 0 fully saturated rings. The van der Waals surface area contributed by atoms with E-state index in [1.165, 1.54) is 0 Å². The van der Waals surface area contributed by atoms with Gasteiger partial charge in [-0.3, -0.25) is 0 Å². The van der Waals surface area contributed by atoms with Crippen LogP contribution in [0.15, 0.2) is 12.1 Å². The van der Waals surface area contributed by atoms with E-state index in [0.29, 0.717) is 6.04 Å². The Morgan fingerprint density at radius 1 is 1.17 bits per heavy atom. The fourth-order valence-electron chi connectivity index (χ4n) is 1.87. The van der Waals surface area contributed by atoms with Gasteiger partial charge in [-0.25, -0.2) is 0 Å². The van der Waals surface area contributed by atoms with Gasteiger partial charge < -0.3 is 20.5 Å². The summed E-state index contributed by atoms with van der Waals surface area (Å²) >= 11 is 0. The maximum Gasteiger partial charge on any atom is 0.161 e. The topological polar surface area (TPSA) is 56.5 Å². The first kappa shape index (κ1) is 14.8. The Labute approximate surface area is 109 Å². The van der Waals surface area contributed by atoms with Gasteiger partial charge in [-0.15, -0.1) is 0 Å². The maximum atomic E-state index is 6.20. The molecule has 18 heavy (non-hydrogen) atoms. The molecule has 4 heteroatoms. The van der Waals surface area contributed by atoms with Crippen LogP contribution in [0.25, 0.3) is 0 Å². The summed E-state index contributed by atoms with van der Waals surface area (Å²) < 4.78 is 10.6. The molecule has 0 bridgehead atoms. The van der Waals surface area contributed by atoms with Crippen molar-refractivity contribution < 1.29 is 9.47 Å². The Morgan fingerprint density at radius 2 is 1.72 bits per heavy atom. The lowest BCUT2D eigenvalue weighted by molar-refractivity contribution is 0.353. The van der Waals surface area contributed by atoms with E-state index in [0.717, 1.165) is 29.2 Å². The van der Waals surface area contributed by atoms with Gasteiger partial charge in [-0.1, -0.05) is 13.8 Å². The third-order valence-corrected chi connectivity index (χ3v) is 2.92. The first-order valence-electron chi connectivity index (χ1n) is 6.21. The predicted octanol–water partition coefficient (Wildman–Crippen LogP) is 2.01. The van der Waals surface area contributed by atoms with Crippen LogP contribution in [0.4, 0.5) is 0 Å². The molecular formula is C14H24N2O2. The van der Waals surface area contributed by atoms with Crippen molar-refractivity contribution in [2.24, 2.45) is 5.73 Å². The molecule has 1 rings (SSSR count). The van der Waals surface area contributed by atoms with Crippen LogP contribution in [0, 0.1) is 6.92 Å². The van der Waals surface area contributed by atoms with Gasteiger partial charge in [0.05, 0.1) is 14.2 Å². The molecular weight excluding hydrogens is 228 g/mol. The van der Waals surface area contributed by atoms with Gasteiger partial charge in [-0.05, 0) is 30.2 Å². The summed E-state index contributed by atoms with van der Waals surface area (Å²) in [6.07, 6.45) is 0. The van der Waals surface area contributed by atoms with Crippen molar-refractivity contribution in [3.8, 4) is 11.5 Å². The van der Waals surface area contributed by atoms with E-state index in [1.54, 1.807) is 14.2 Å². The Morgan fingerprint density at radius 3 is 2.22 bits per heavy atom. The molecule has 1 aromatic carbocycles. The second kappa shape index (κ2) is 6.61. The standard InChI is InChI=1S/C14H24N2O2/c1-9(2)16-8-12(15)11-7-14(18-5)13(17-4)6-10(11)3/h6-7,9,12,16H,8,15H2,1-5H3. The second-order valence-corrected chi connectivity index (χ2v) is 4.73. The highest BCUT2D eigenvalue weighted by Gasteiger charge is 2.14. The summed E-state index contributed by atoms with van der Waals surface area (Å²) in [6.45, 7) is 6.99. The van der Waals surface area contributed by atoms with Crippen molar-refractivity contribution in [2.45, 2.75) is 32.9 Å². The summed E-state index contributed by atoms with van der Waals surface area (Å²) in [5.74, 6) is 1.46. The van der Waals surface area contributed by atoms with E-state index < -0.39 is 0 Å². The zero-order valence-electron chi connectivity index (χ0n) is 11.9.